The first-order valence-electron chi connectivity index (χ1n) is 6.23. The van der Waals surface area contributed by atoms with Crippen LogP contribution in [0.3, 0.4) is 0 Å². The highest BCUT2D eigenvalue weighted by Crippen LogP contribution is 2.26. The molecule has 0 amide bonds. The Labute approximate surface area is 121 Å². The number of aryl methyl sites for hydroxylation is 2. The molecule has 0 N–H and O–H groups in total. The predicted octanol–water partition coefficient (Wildman–Crippen LogP) is 1.99. The highest BCUT2D eigenvalue weighted by atomic mass is 35.7. The number of ether oxygens (including phenoxy) is 1. The minimum atomic E-state index is -3.75. The van der Waals surface area contributed by atoms with Gasteiger partial charge in [0.15, 0.2) is 5.03 Å². The largest absolute Gasteiger partial charge is 0.493 e. The molecule has 1 aromatic heterocycles. The van der Waals surface area contributed by atoms with E-state index in [1.54, 1.807) is 4.57 Å². The topological polar surface area (TPSA) is 61.2 Å². The van der Waals surface area contributed by atoms with Crippen LogP contribution in [0, 0.1) is 0 Å². The standard InChI is InChI=1S/C13H13ClN2O3S/c14-20(17,18)13-8-16(9-15-13)5-3-10-1-2-12-11(7-10)4-6-19-12/h1-2,7-9H,3-6H2. The third-order valence-electron chi connectivity index (χ3n) is 3.27. The zero-order chi connectivity index (χ0) is 14.2. The number of fused-ring (bicyclic) bond motifs is 1. The van der Waals surface area contributed by atoms with Crippen LogP contribution in [0.1, 0.15) is 11.1 Å². The molecule has 0 saturated carbocycles. The van der Waals surface area contributed by atoms with Gasteiger partial charge in [-0.15, -0.1) is 0 Å². The SMILES string of the molecule is O=S(=O)(Cl)c1cn(CCc2ccc3c(c2)CCO3)cn1. The molecule has 0 unspecified atom stereocenters. The summed E-state index contributed by atoms with van der Waals surface area (Å²) in [5.74, 6) is 0.965. The number of nitrogens with zero attached hydrogens (tertiary/aromatic N) is 2. The van der Waals surface area contributed by atoms with E-state index in [9.17, 15) is 8.42 Å². The van der Waals surface area contributed by atoms with Gasteiger partial charge in [0.2, 0.25) is 0 Å². The van der Waals surface area contributed by atoms with Crippen molar-refractivity contribution in [1.82, 2.24) is 9.55 Å². The van der Waals surface area contributed by atoms with Gasteiger partial charge < -0.3 is 9.30 Å². The molecule has 0 bridgehead atoms. The van der Waals surface area contributed by atoms with E-state index in [-0.39, 0.29) is 5.03 Å². The summed E-state index contributed by atoms with van der Waals surface area (Å²) in [6.07, 6.45) is 4.67. The number of benzene rings is 1. The second kappa shape index (κ2) is 5.10. The molecule has 0 spiro atoms. The van der Waals surface area contributed by atoms with Crippen molar-refractivity contribution < 1.29 is 13.2 Å². The van der Waals surface area contributed by atoms with Crippen LogP contribution in [0.2, 0.25) is 0 Å². The Balaban J connectivity index is 1.69. The van der Waals surface area contributed by atoms with Crippen LogP contribution < -0.4 is 4.74 Å². The van der Waals surface area contributed by atoms with E-state index in [1.165, 1.54) is 23.7 Å². The monoisotopic (exact) mass is 312 g/mol. The van der Waals surface area contributed by atoms with Gasteiger partial charge >= 0.3 is 0 Å². The van der Waals surface area contributed by atoms with Crippen LogP contribution in [0.25, 0.3) is 0 Å². The molecule has 0 atom stereocenters. The Morgan fingerprint density at radius 1 is 1.40 bits per heavy atom. The highest BCUT2D eigenvalue weighted by molar-refractivity contribution is 8.13. The molecular formula is C13H13ClN2O3S. The summed E-state index contributed by atoms with van der Waals surface area (Å²) >= 11 is 0. The van der Waals surface area contributed by atoms with Crippen molar-refractivity contribution in [2.24, 2.45) is 0 Å². The van der Waals surface area contributed by atoms with E-state index < -0.39 is 9.05 Å². The maximum absolute atomic E-state index is 11.1. The van der Waals surface area contributed by atoms with Gasteiger partial charge in [0, 0.05) is 29.8 Å². The van der Waals surface area contributed by atoms with Crippen molar-refractivity contribution in [2.75, 3.05) is 6.61 Å². The van der Waals surface area contributed by atoms with E-state index in [4.69, 9.17) is 15.4 Å². The van der Waals surface area contributed by atoms with Crippen LogP contribution in [-0.2, 0) is 28.4 Å². The third kappa shape index (κ3) is 2.81. The Morgan fingerprint density at radius 2 is 2.25 bits per heavy atom. The Hall–Kier alpha value is -1.53. The van der Waals surface area contributed by atoms with E-state index in [0.29, 0.717) is 6.54 Å². The minimum absolute atomic E-state index is 0.110. The lowest BCUT2D eigenvalue weighted by atomic mass is 10.1. The van der Waals surface area contributed by atoms with Crippen molar-refractivity contribution in [1.29, 1.82) is 0 Å². The van der Waals surface area contributed by atoms with Crippen LogP contribution in [0.5, 0.6) is 5.75 Å². The lowest BCUT2D eigenvalue weighted by molar-refractivity contribution is 0.357. The Morgan fingerprint density at radius 3 is 3.00 bits per heavy atom. The molecule has 20 heavy (non-hydrogen) atoms. The van der Waals surface area contributed by atoms with Crippen LogP contribution in [0.15, 0.2) is 35.7 Å². The van der Waals surface area contributed by atoms with Crippen molar-refractivity contribution in [2.45, 2.75) is 24.4 Å². The van der Waals surface area contributed by atoms with E-state index in [0.717, 1.165) is 25.2 Å². The Bertz CT molecular complexity index is 740. The molecule has 5 nitrogen and oxygen atoms in total. The van der Waals surface area contributed by atoms with Crippen molar-refractivity contribution in [3.8, 4) is 5.75 Å². The zero-order valence-electron chi connectivity index (χ0n) is 10.6. The zero-order valence-corrected chi connectivity index (χ0v) is 12.2. The van der Waals surface area contributed by atoms with Gasteiger partial charge in [0.1, 0.15) is 5.75 Å². The minimum Gasteiger partial charge on any atom is -0.493 e. The Kier molecular flexibility index (Phi) is 3.43. The molecular weight excluding hydrogens is 300 g/mol. The first-order chi connectivity index (χ1) is 9.52. The number of halogens is 1. The third-order valence-corrected chi connectivity index (χ3v) is 4.46. The van der Waals surface area contributed by atoms with Gasteiger partial charge in [0.05, 0.1) is 12.9 Å². The van der Waals surface area contributed by atoms with Crippen LogP contribution >= 0.6 is 10.7 Å². The summed E-state index contributed by atoms with van der Waals surface area (Å²) < 4.78 is 29.4. The first-order valence-corrected chi connectivity index (χ1v) is 8.54. The van der Waals surface area contributed by atoms with Gasteiger partial charge in [-0.25, -0.2) is 13.4 Å². The van der Waals surface area contributed by atoms with Crippen molar-refractivity contribution in [3.63, 3.8) is 0 Å². The molecule has 1 aromatic carbocycles. The molecule has 106 valence electrons. The molecule has 0 saturated heterocycles. The number of rotatable bonds is 4. The fraction of sp³-hybridized carbons (Fsp3) is 0.308. The molecule has 0 fully saturated rings. The van der Waals surface area contributed by atoms with Crippen LogP contribution in [0.4, 0.5) is 0 Å². The van der Waals surface area contributed by atoms with Crippen molar-refractivity contribution in [3.05, 3.63) is 41.9 Å². The molecule has 2 heterocycles. The molecule has 0 aliphatic carbocycles. The summed E-state index contributed by atoms with van der Waals surface area (Å²) in [6, 6.07) is 6.15. The van der Waals surface area contributed by atoms with E-state index in [2.05, 4.69) is 11.1 Å². The fourth-order valence-electron chi connectivity index (χ4n) is 2.24. The summed E-state index contributed by atoms with van der Waals surface area (Å²) in [4.78, 5) is 3.78. The number of hydrogen-bond donors (Lipinski definition) is 0. The number of hydrogen-bond acceptors (Lipinski definition) is 4. The van der Waals surface area contributed by atoms with Gasteiger partial charge in [0.25, 0.3) is 9.05 Å². The predicted molar refractivity (Wildman–Crippen MR) is 74.6 cm³/mol. The maximum Gasteiger partial charge on any atom is 0.280 e. The lowest BCUT2D eigenvalue weighted by Gasteiger charge is -2.05. The second-order valence-corrected chi connectivity index (χ2v) is 7.19. The number of aromatic nitrogens is 2. The van der Waals surface area contributed by atoms with E-state index in [1.807, 2.05) is 12.1 Å². The van der Waals surface area contributed by atoms with Crippen LogP contribution in [-0.4, -0.2) is 24.6 Å². The molecule has 0 radical (unpaired) electrons. The summed E-state index contributed by atoms with van der Waals surface area (Å²) in [7, 11) is 1.49. The molecule has 1 aliphatic rings. The molecule has 1 aliphatic heterocycles. The highest BCUT2D eigenvalue weighted by Gasteiger charge is 2.14. The average molecular weight is 313 g/mol. The number of imidazole rings is 1. The van der Waals surface area contributed by atoms with Gasteiger partial charge in [-0.05, 0) is 23.6 Å². The van der Waals surface area contributed by atoms with E-state index >= 15 is 0 Å². The summed E-state index contributed by atoms with van der Waals surface area (Å²) in [5.41, 5.74) is 2.43. The van der Waals surface area contributed by atoms with Gasteiger partial charge in [-0.3, -0.25) is 0 Å². The molecule has 2 aromatic rings. The summed E-state index contributed by atoms with van der Waals surface area (Å²) in [5, 5.41) is -0.110. The molecule has 7 heteroatoms. The normalized spacial score (nSPS) is 14.1. The summed E-state index contributed by atoms with van der Waals surface area (Å²) in [6.45, 7) is 1.40. The van der Waals surface area contributed by atoms with Gasteiger partial charge in [-0.1, -0.05) is 12.1 Å². The second-order valence-electron chi connectivity index (χ2n) is 4.68. The van der Waals surface area contributed by atoms with Crippen molar-refractivity contribution >= 4 is 19.7 Å². The first kappa shape index (κ1) is 13.5. The average Bonchev–Trinajstić information content (AvgIpc) is 3.04. The quantitative estimate of drug-likeness (QED) is 0.810. The smallest absolute Gasteiger partial charge is 0.280 e. The lowest BCUT2D eigenvalue weighted by Crippen LogP contribution is -1.99. The molecule has 3 rings (SSSR count). The van der Waals surface area contributed by atoms with Gasteiger partial charge in [-0.2, -0.15) is 0 Å². The maximum atomic E-state index is 11.1. The fourth-order valence-corrected chi connectivity index (χ4v) is 2.91.